The Labute approximate surface area is 127 Å². The fourth-order valence-electron chi connectivity index (χ4n) is 1.84. The largest absolute Gasteiger partial charge is 0.488 e. The van der Waals surface area contributed by atoms with Crippen molar-refractivity contribution in [2.45, 2.75) is 40.2 Å². The minimum Gasteiger partial charge on any atom is -0.488 e. The van der Waals surface area contributed by atoms with Crippen LogP contribution in [-0.2, 0) is 11.3 Å². The highest BCUT2D eigenvalue weighted by Gasteiger charge is 2.05. The van der Waals surface area contributed by atoms with Crippen LogP contribution < -0.4 is 10.1 Å². The Morgan fingerprint density at radius 3 is 2.67 bits per heavy atom. The number of hydrogen-bond acceptors (Lipinski definition) is 3. The number of halogens is 1. The zero-order valence-corrected chi connectivity index (χ0v) is 13.5. The molecule has 0 fully saturated rings. The summed E-state index contributed by atoms with van der Waals surface area (Å²) < 4.78 is 24.6. The van der Waals surface area contributed by atoms with Crippen molar-refractivity contribution in [2.75, 3.05) is 26.4 Å². The quantitative estimate of drug-likeness (QED) is 0.631. The molecule has 0 saturated heterocycles. The summed E-state index contributed by atoms with van der Waals surface area (Å²) >= 11 is 0. The van der Waals surface area contributed by atoms with E-state index < -0.39 is 0 Å². The standard InChI is InChI=1S/C17H28FNO2/c1-4-5-8-20-9-10-21-17-7-6-15(11-16(17)18)13-19-12-14(2)3/h6-7,11,14,19H,4-5,8-10,12-13H2,1-3H3. The van der Waals surface area contributed by atoms with Crippen LogP contribution in [0.25, 0.3) is 0 Å². The lowest BCUT2D eigenvalue weighted by Gasteiger charge is -2.10. The summed E-state index contributed by atoms with van der Waals surface area (Å²) in [4.78, 5) is 0. The van der Waals surface area contributed by atoms with Crippen molar-refractivity contribution in [3.05, 3.63) is 29.6 Å². The molecule has 0 aromatic heterocycles. The maximum atomic E-state index is 13.9. The minimum atomic E-state index is -0.313. The Kier molecular flexibility index (Phi) is 9.02. The van der Waals surface area contributed by atoms with Crippen molar-refractivity contribution >= 4 is 0 Å². The van der Waals surface area contributed by atoms with E-state index in [0.717, 1.165) is 31.6 Å². The fraction of sp³-hybridized carbons (Fsp3) is 0.647. The highest BCUT2D eigenvalue weighted by Crippen LogP contribution is 2.18. The summed E-state index contributed by atoms with van der Waals surface area (Å²) in [6.45, 7) is 9.63. The molecule has 4 heteroatoms. The molecule has 120 valence electrons. The Morgan fingerprint density at radius 1 is 1.19 bits per heavy atom. The molecule has 0 aliphatic carbocycles. The van der Waals surface area contributed by atoms with Crippen LogP contribution in [-0.4, -0.2) is 26.4 Å². The predicted molar refractivity (Wildman–Crippen MR) is 84.2 cm³/mol. The second kappa shape index (κ2) is 10.6. The van der Waals surface area contributed by atoms with Crippen molar-refractivity contribution in [3.63, 3.8) is 0 Å². The molecule has 21 heavy (non-hydrogen) atoms. The number of rotatable bonds is 11. The van der Waals surface area contributed by atoms with Crippen LogP contribution in [0.5, 0.6) is 5.75 Å². The van der Waals surface area contributed by atoms with Gasteiger partial charge in [-0.1, -0.05) is 33.3 Å². The van der Waals surface area contributed by atoms with E-state index in [9.17, 15) is 4.39 Å². The molecule has 0 unspecified atom stereocenters. The summed E-state index contributed by atoms with van der Waals surface area (Å²) in [6, 6.07) is 5.11. The Morgan fingerprint density at radius 2 is 2.00 bits per heavy atom. The van der Waals surface area contributed by atoms with Crippen LogP contribution in [0.1, 0.15) is 39.2 Å². The minimum absolute atomic E-state index is 0.293. The van der Waals surface area contributed by atoms with Crippen molar-refractivity contribution < 1.29 is 13.9 Å². The zero-order valence-electron chi connectivity index (χ0n) is 13.5. The van der Waals surface area contributed by atoms with E-state index in [1.807, 2.05) is 6.07 Å². The third kappa shape index (κ3) is 8.02. The summed E-state index contributed by atoms with van der Waals surface area (Å²) in [7, 11) is 0. The lowest BCUT2D eigenvalue weighted by Crippen LogP contribution is -2.19. The predicted octanol–water partition coefficient (Wildman–Crippen LogP) is 3.77. The maximum absolute atomic E-state index is 13.9. The van der Waals surface area contributed by atoms with Gasteiger partial charge in [0.15, 0.2) is 11.6 Å². The smallest absolute Gasteiger partial charge is 0.165 e. The number of unbranched alkanes of at least 4 members (excludes halogenated alkanes) is 1. The third-order valence-electron chi connectivity index (χ3n) is 3.01. The summed E-state index contributed by atoms with van der Waals surface area (Å²) in [5.41, 5.74) is 0.930. The molecule has 0 heterocycles. The van der Waals surface area contributed by atoms with E-state index in [4.69, 9.17) is 9.47 Å². The van der Waals surface area contributed by atoms with Crippen molar-refractivity contribution in [2.24, 2.45) is 5.92 Å². The molecule has 0 aliphatic rings. The molecule has 0 radical (unpaired) electrons. The first kappa shape index (κ1) is 17.9. The van der Waals surface area contributed by atoms with Crippen LogP contribution in [0.4, 0.5) is 4.39 Å². The highest BCUT2D eigenvalue weighted by atomic mass is 19.1. The van der Waals surface area contributed by atoms with Gasteiger partial charge in [0.25, 0.3) is 0 Å². The number of nitrogens with one attached hydrogen (secondary N) is 1. The van der Waals surface area contributed by atoms with Gasteiger partial charge in [0.1, 0.15) is 6.61 Å². The summed E-state index contributed by atoms with van der Waals surface area (Å²) in [5, 5.41) is 3.29. The topological polar surface area (TPSA) is 30.5 Å². The third-order valence-corrected chi connectivity index (χ3v) is 3.01. The van der Waals surface area contributed by atoms with E-state index in [1.165, 1.54) is 6.07 Å². The Hall–Kier alpha value is -1.13. The van der Waals surface area contributed by atoms with Gasteiger partial charge in [-0.05, 0) is 36.6 Å². The maximum Gasteiger partial charge on any atom is 0.165 e. The average molecular weight is 297 g/mol. The first-order valence-corrected chi connectivity index (χ1v) is 7.83. The van der Waals surface area contributed by atoms with Gasteiger partial charge >= 0.3 is 0 Å². The van der Waals surface area contributed by atoms with Gasteiger partial charge < -0.3 is 14.8 Å². The van der Waals surface area contributed by atoms with Gasteiger partial charge in [-0.25, -0.2) is 4.39 Å². The number of benzene rings is 1. The molecule has 0 amide bonds. The van der Waals surface area contributed by atoms with Gasteiger partial charge in [-0.3, -0.25) is 0 Å². The van der Waals surface area contributed by atoms with E-state index in [1.54, 1.807) is 6.07 Å². The van der Waals surface area contributed by atoms with Gasteiger partial charge in [-0.15, -0.1) is 0 Å². The van der Waals surface area contributed by atoms with Gasteiger partial charge in [-0.2, -0.15) is 0 Å². The number of hydrogen-bond donors (Lipinski definition) is 1. The zero-order chi connectivity index (χ0) is 15.5. The van der Waals surface area contributed by atoms with Gasteiger partial charge in [0.05, 0.1) is 6.61 Å². The van der Waals surface area contributed by atoms with Crippen molar-refractivity contribution in [1.82, 2.24) is 5.32 Å². The van der Waals surface area contributed by atoms with Crippen LogP contribution in [0.2, 0.25) is 0 Å². The molecular weight excluding hydrogens is 269 g/mol. The number of ether oxygens (including phenoxy) is 2. The Balaban J connectivity index is 2.29. The molecule has 1 aromatic rings. The van der Waals surface area contributed by atoms with E-state index in [-0.39, 0.29) is 5.82 Å². The average Bonchev–Trinajstić information content (AvgIpc) is 2.44. The molecular formula is C17H28FNO2. The van der Waals surface area contributed by atoms with Crippen LogP contribution >= 0.6 is 0 Å². The molecule has 0 spiro atoms. The fourth-order valence-corrected chi connectivity index (χ4v) is 1.84. The summed E-state index contributed by atoms with van der Waals surface area (Å²) in [5.74, 6) is 0.569. The van der Waals surface area contributed by atoms with Crippen LogP contribution in [0.3, 0.4) is 0 Å². The molecule has 3 nitrogen and oxygen atoms in total. The van der Waals surface area contributed by atoms with E-state index >= 15 is 0 Å². The molecule has 1 rings (SSSR count). The molecule has 1 aromatic carbocycles. The van der Waals surface area contributed by atoms with Gasteiger partial charge in [0.2, 0.25) is 0 Å². The highest BCUT2D eigenvalue weighted by molar-refractivity contribution is 5.29. The molecule has 0 atom stereocenters. The second-order valence-electron chi connectivity index (χ2n) is 5.60. The van der Waals surface area contributed by atoms with E-state index in [0.29, 0.717) is 31.4 Å². The van der Waals surface area contributed by atoms with Crippen LogP contribution in [0, 0.1) is 11.7 Å². The first-order chi connectivity index (χ1) is 10.1. The Bertz CT molecular complexity index is 396. The molecule has 0 saturated carbocycles. The van der Waals surface area contributed by atoms with Crippen molar-refractivity contribution in [3.8, 4) is 5.75 Å². The van der Waals surface area contributed by atoms with E-state index in [2.05, 4.69) is 26.1 Å². The second-order valence-corrected chi connectivity index (χ2v) is 5.60. The molecule has 0 bridgehead atoms. The molecule has 0 aliphatic heterocycles. The van der Waals surface area contributed by atoms with Gasteiger partial charge in [0, 0.05) is 13.2 Å². The summed E-state index contributed by atoms with van der Waals surface area (Å²) in [6.07, 6.45) is 2.16. The van der Waals surface area contributed by atoms with Crippen molar-refractivity contribution in [1.29, 1.82) is 0 Å². The molecule has 1 N–H and O–H groups in total. The normalized spacial score (nSPS) is 11.1. The van der Waals surface area contributed by atoms with Crippen LogP contribution in [0.15, 0.2) is 18.2 Å². The monoisotopic (exact) mass is 297 g/mol. The SMILES string of the molecule is CCCCOCCOc1ccc(CNCC(C)C)cc1F. The first-order valence-electron chi connectivity index (χ1n) is 7.83. The lowest BCUT2D eigenvalue weighted by atomic mass is 10.2. The lowest BCUT2D eigenvalue weighted by molar-refractivity contribution is 0.0967.